The van der Waals surface area contributed by atoms with E-state index in [1.807, 2.05) is 0 Å². The van der Waals surface area contributed by atoms with Crippen molar-refractivity contribution in [2.75, 3.05) is 13.3 Å². The lowest BCUT2D eigenvalue weighted by Crippen LogP contribution is -2.45. The van der Waals surface area contributed by atoms with Crippen LogP contribution in [0.2, 0.25) is 0 Å². The van der Waals surface area contributed by atoms with Crippen LogP contribution in [0.25, 0.3) is 0 Å². The van der Waals surface area contributed by atoms with Crippen LogP contribution >= 0.6 is 0 Å². The molecule has 21 heavy (non-hydrogen) atoms. The maximum Gasteiger partial charge on any atom is 0.326 e. The Hall–Kier alpha value is -2.09. The van der Waals surface area contributed by atoms with Crippen molar-refractivity contribution < 1.29 is 23.1 Å². The number of urea groups is 1. The molecule has 0 aliphatic heterocycles. The molecule has 0 heterocycles. The van der Waals surface area contributed by atoms with E-state index < -0.39 is 27.9 Å². The minimum Gasteiger partial charge on any atom is -0.480 e. The second-order valence-corrected chi connectivity index (χ2v) is 6.72. The second-order valence-electron chi connectivity index (χ2n) is 4.70. The molecule has 0 aliphatic carbocycles. The molecule has 0 aromatic heterocycles. The van der Waals surface area contributed by atoms with Crippen LogP contribution in [0.4, 0.5) is 4.79 Å². The zero-order valence-electron chi connectivity index (χ0n) is 12.0. The summed E-state index contributed by atoms with van der Waals surface area (Å²) >= 11 is 0. The Kier molecular flexibility index (Phi) is 5.31. The normalized spacial score (nSPS) is 12.5. The first-order chi connectivity index (χ1) is 9.62. The molecular formula is C13H18N2O5S. The average Bonchev–Trinajstić information content (AvgIpc) is 2.42. The number of rotatable bonds is 5. The molecule has 0 saturated heterocycles. The van der Waals surface area contributed by atoms with Crippen molar-refractivity contribution in [3.05, 3.63) is 29.8 Å². The van der Waals surface area contributed by atoms with E-state index in [1.165, 1.54) is 26.1 Å². The summed E-state index contributed by atoms with van der Waals surface area (Å²) in [5.74, 6) is -1.09. The molecule has 0 bridgehead atoms. The van der Waals surface area contributed by atoms with Gasteiger partial charge >= 0.3 is 12.0 Å². The lowest BCUT2D eigenvalue weighted by Gasteiger charge is -2.21. The highest BCUT2D eigenvalue weighted by Gasteiger charge is 2.21. The lowest BCUT2D eigenvalue weighted by molar-refractivity contribution is -0.141. The molecular weight excluding hydrogens is 296 g/mol. The first-order valence-corrected chi connectivity index (χ1v) is 8.04. The van der Waals surface area contributed by atoms with Crippen LogP contribution in [0.3, 0.4) is 0 Å². The van der Waals surface area contributed by atoms with Gasteiger partial charge in [-0.2, -0.15) is 0 Å². The minimum atomic E-state index is -3.25. The van der Waals surface area contributed by atoms with Gasteiger partial charge in [0.15, 0.2) is 9.84 Å². The van der Waals surface area contributed by atoms with Crippen molar-refractivity contribution in [3.63, 3.8) is 0 Å². The van der Waals surface area contributed by atoms with Crippen molar-refractivity contribution in [2.45, 2.75) is 24.4 Å². The van der Waals surface area contributed by atoms with E-state index in [0.29, 0.717) is 5.56 Å². The Balaban J connectivity index is 2.64. The Labute approximate surface area is 123 Å². The maximum atomic E-state index is 11.7. The van der Waals surface area contributed by atoms with Gasteiger partial charge < -0.3 is 15.3 Å². The number of carbonyl (C=O) groups is 2. The van der Waals surface area contributed by atoms with Crippen LogP contribution in [0.1, 0.15) is 12.5 Å². The third-order valence-corrected chi connectivity index (χ3v) is 4.18. The van der Waals surface area contributed by atoms with Gasteiger partial charge in [0.1, 0.15) is 6.04 Å². The summed E-state index contributed by atoms with van der Waals surface area (Å²) in [6, 6.07) is 4.66. The summed E-state index contributed by atoms with van der Waals surface area (Å²) in [4.78, 5) is 23.8. The van der Waals surface area contributed by atoms with E-state index in [0.717, 1.165) is 11.2 Å². The Morgan fingerprint density at radius 2 is 1.81 bits per heavy atom. The molecule has 1 aromatic carbocycles. The standard InChI is InChI=1S/C13H18N2O5S/c1-9(12(16)17)15(2)13(18)14-8-10-4-6-11(7-5-10)21(3,19)20/h4-7,9H,8H2,1-3H3,(H,14,18)(H,16,17). The Bertz CT molecular complexity index is 624. The molecule has 0 radical (unpaired) electrons. The molecule has 1 atom stereocenters. The van der Waals surface area contributed by atoms with Crippen molar-refractivity contribution in [3.8, 4) is 0 Å². The number of nitrogens with zero attached hydrogens (tertiary/aromatic N) is 1. The molecule has 1 rings (SSSR count). The quantitative estimate of drug-likeness (QED) is 0.833. The number of carbonyl (C=O) groups excluding carboxylic acids is 1. The van der Waals surface area contributed by atoms with Crippen LogP contribution in [0, 0.1) is 0 Å². The predicted octanol–water partition coefficient (Wildman–Crippen LogP) is 0.705. The SMILES string of the molecule is CC(C(=O)O)N(C)C(=O)NCc1ccc(S(C)(=O)=O)cc1. The molecule has 0 fully saturated rings. The molecule has 116 valence electrons. The van der Waals surface area contributed by atoms with E-state index in [1.54, 1.807) is 12.1 Å². The third-order valence-electron chi connectivity index (χ3n) is 3.05. The van der Waals surface area contributed by atoms with Crippen molar-refractivity contribution in [2.24, 2.45) is 0 Å². The largest absolute Gasteiger partial charge is 0.480 e. The number of hydrogen-bond donors (Lipinski definition) is 2. The highest BCUT2D eigenvalue weighted by Crippen LogP contribution is 2.10. The van der Waals surface area contributed by atoms with Crippen LogP contribution in [-0.4, -0.2) is 49.8 Å². The monoisotopic (exact) mass is 314 g/mol. The van der Waals surface area contributed by atoms with E-state index in [9.17, 15) is 18.0 Å². The van der Waals surface area contributed by atoms with Gasteiger partial charge in [-0.15, -0.1) is 0 Å². The van der Waals surface area contributed by atoms with Crippen molar-refractivity contribution in [1.82, 2.24) is 10.2 Å². The highest BCUT2D eigenvalue weighted by atomic mass is 32.2. The number of likely N-dealkylation sites (N-methyl/N-ethyl adjacent to an activating group) is 1. The fourth-order valence-electron chi connectivity index (χ4n) is 1.50. The molecule has 2 N–H and O–H groups in total. The fourth-order valence-corrected chi connectivity index (χ4v) is 2.13. The van der Waals surface area contributed by atoms with Crippen LogP contribution in [-0.2, 0) is 21.2 Å². The topological polar surface area (TPSA) is 104 Å². The Morgan fingerprint density at radius 1 is 1.29 bits per heavy atom. The summed E-state index contributed by atoms with van der Waals surface area (Å²) in [5.41, 5.74) is 0.715. The summed E-state index contributed by atoms with van der Waals surface area (Å²) in [7, 11) is -1.86. The van der Waals surface area contributed by atoms with E-state index >= 15 is 0 Å². The van der Waals surface area contributed by atoms with E-state index in [4.69, 9.17) is 5.11 Å². The van der Waals surface area contributed by atoms with Gasteiger partial charge in [-0.05, 0) is 24.6 Å². The van der Waals surface area contributed by atoms with Gasteiger partial charge in [0, 0.05) is 19.8 Å². The van der Waals surface area contributed by atoms with Crippen LogP contribution in [0.5, 0.6) is 0 Å². The summed E-state index contributed by atoms with van der Waals surface area (Å²) in [6.07, 6.45) is 1.12. The van der Waals surface area contributed by atoms with E-state index in [2.05, 4.69) is 5.32 Å². The van der Waals surface area contributed by atoms with Crippen molar-refractivity contribution in [1.29, 1.82) is 0 Å². The zero-order valence-corrected chi connectivity index (χ0v) is 12.8. The number of sulfone groups is 1. The first kappa shape index (κ1) is 17.0. The number of amides is 2. The highest BCUT2D eigenvalue weighted by molar-refractivity contribution is 7.90. The number of aliphatic carboxylic acids is 1. The maximum absolute atomic E-state index is 11.7. The van der Waals surface area contributed by atoms with Crippen LogP contribution < -0.4 is 5.32 Å². The van der Waals surface area contributed by atoms with E-state index in [-0.39, 0.29) is 11.4 Å². The molecule has 0 aliphatic rings. The third kappa shape index (κ3) is 4.75. The number of benzene rings is 1. The van der Waals surface area contributed by atoms with Gasteiger partial charge in [0.05, 0.1) is 4.90 Å². The van der Waals surface area contributed by atoms with Crippen LogP contribution in [0.15, 0.2) is 29.2 Å². The molecule has 2 amide bonds. The zero-order chi connectivity index (χ0) is 16.2. The van der Waals surface area contributed by atoms with Gasteiger partial charge in [-0.3, -0.25) is 0 Å². The molecule has 8 heteroatoms. The molecule has 0 saturated carbocycles. The first-order valence-electron chi connectivity index (χ1n) is 6.15. The fraction of sp³-hybridized carbons (Fsp3) is 0.385. The molecule has 1 aromatic rings. The minimum absolute atomic E-state index is 0.180. The smallest absolute Gasteiger partial charge is 0.326 e. The van der Waals surface area contributed by atoms with Crippen molar-refractivity contribution >= 4 is 21.8 Å². The van der Waals surface area contributed by atoms with Gasteiger partial charge in [0.2, 0.25) is 0 Å². The molecule has 0 spiro atoms. The van der Waals surface area contributed by atoms with Gasteiger partial charge in [-0.25, -0.2) is 18.0 Å². The lowest BCUT2D eigenvalue weighted by atomic mass is 10.2. The Morgan fingerprint density at radius 3 is 2.24 bits per heavy atom. The summed E-state index contributed by atoms with van der Waals surface area (Å²) in [5, 5.41) is 11.4. The summed E-state index contributed by atoms with van der Waals surface area (Å²) < 4.78 is 22.6. The van der Waals surface area contributed by atoms with Gasteiger partial charge in [0.25, 0.3) is 0 Å². The number of hydrogen-bond acceptors (Lipinski definition) is 4. The number of carboxylic acid groups (broad SMARTS) is 1. The van der Waals surface area contributed by atoms with Gasteiger partial charge in [-0.1, -0.05) is 12.1 Å². The number of carboxylic acids is 1. The number of nitrogens with one attached hydrogen (secondary N) is 1. The second kappa shape index (κ2) is 6.57. The molecule has 1 unspecified atom stereocenters. The average molecular weight is 314 g/mol. The summed E-state index contributed by atoms with van der Waals surface area (Å²) in [6.45, 7) is 1.59. The molecule has 7 nitrogen and oxygen atoms in total. The predicted molar refractivity (Wildman–Crippen MR) is 76.6 cm³/mol.